The molecule has 0 aliphatic heterocycles. The third kappa shape index (κ3) is 4.44. The number of fused-ring (bicyclic) bond motifs is 1. The molecule has 0 aromatic carbocycles. The number of hydrogen-bond donors (Lipinski definition) is 2. The number of carbonyl (C=O) groups is 1. The van der Waals surface area contributed by atoms with Gasteiger partial charge in [0.05, 0.1) is 11.4 Å². The normalized spacial score (nSPS) is 17.5. The molecule has 1 atom stereocenters. The van der Waals surface area contributed by atoms with Crippen molar-refractivity contribution >= 4 is 17.2 Å². The van der Waals surface area contributed by atoms with Crippen LogP contribution in [0.5, 0.6) is 0 Å². The number of rotatable bonds is 3. The Morgan fingerprint density at radius 1 is 1.29 bits per heavy atom. The Balaban J connectivity index is 1.98. The van der Waals surface area contributed by atoms with Crippen molar-refractivity contribution in [2.24, 2.45) is 0 Å². The van der Waals surface area contributed by atoms with E-state index in [0.717, 1.165) is 36.1 Å². The molecule has 0 fully saturated rings. The Bertz CT molecular complexity index is 473. The van der Waals surface area contributed by atoms with E-state index in [4.69, 9.17) is 5.11 Å². The summed E-state index contributed by atoms with van der Waals surface area (Å²) < 4.78 is 36.5. The van der Waals surface area contributed by atoms with Gasteiger partial charge in [0.2, 0.25) is 0 Å². The van der Waals surface area contributed by atoms with Gasteiger partial charge in [-0.2, -0.15) is 13.2 Å². The number of nitrogens with one attached hydrogen (secondary N) is 1. The van der Waals surface area contributed by atoms with Crippen molar-refractivity contribution in [2.75, 3.05) is 6.54 Å². The van der Waals surface area contributed by atoms with Gasteiger partial charge in [-0.1, -0.05) is 12.8 Å². The van der Waals surface area contributed by atoms with E-state index in [1.54, 1.807) is 6.07 Å². The molecular weight excluding hydrogens is 303 g/mol. The molecule has 2 N–H and O–H groups in total. The van der Waals surface area contributed by atoms with E-state index < -0.39 is 24.7 Å². The molecule has 7 heteroatoms. The van der Waals surface area contributed by atoms with Crippen molar-refractivity contribution in [1.82, 2.24) is 5.32 Å². The first-order valence-corrected chi connectivity index (χ1v) is 7.84. The monoisotopic (exact) mass is 321 g/mol. The number of carbonyl (C=O) groups excluding carboxylic acids is 1. The maximum Gasteiger partial charge on any atom is 0.416 e. The van der Waals surface area contributed by atoms with Crippen molar-refractivity contribution in [1.29, 1.82) is 0 Å². The molecule has 1 aliphatic rings. The number of aryl methyl sites for hydroxylation is 2. The molecule has 0 saturated heterocycles. The minimum atomic E-state index is -4.71. The molecule has 0 spiro atoms. The lowest BCUT2D eigenvalue weighted by atomic mass is 10.00. The number of aliphatic hydroxyl groups is 1. The summed E-state index contributed by atoms with van der Waals surface area (Å²) in [6, 6.07) is 1.78. The van der Waals surface area contributed by atoms with Crippen molar-refractivity contribution in [3.63, 3.8) is 0 Å². The van der Waals surface area contributed by atoms with Crippen molar-refractivity contribution in [3.8, 4) is 0 Å². The maximum absolute atomic E-state index is 12.2. The van der Waals surface area contributed by atoms with Gasteiger partial charge in [0, 0.05) is 4.88 Å². The minimum absolute atomic E-state index is 0.427. The lowest BCUT2D eigenvalue weighted by molar-refractivity contribution is -0.201. The Kier molecular flexibility index (Phi) is 5.27. The van der Waals surface area contributed by atoms with Crippen molar-refractivity contribution < 1.29 is 23.1 Å². The van der Waals surface area contributed by atoms with Gasteiger partial charge < -0.3 is 10.4 Å². The summed E-state index contributed by atoms with van der Waals surface area (Å²) >= 11 is 1.35. The first-order chi connectivity index (χ1) is 9.88. The SMILES string of the molecule is O=C(NCC(O)C(F)(F)F)c1cc2c(s1)CCCCCC2. The fourth-order valence-electron chi connectivity index (χ4n) is 2.35. The number of alkyl halides is 3. The highest BCUT2D eigenvalue weighted by molar-refractivity contribution is 7.14. The molecule has 1 unspecified atom stereocenters. The van der Waals surface area contributed by atoms with E-state index in [-0.39, 0.29) is 0 Å². The maximum atomic E-state index is 12.2. The molecule has 21 heavy (non-hydrogen) atoms. The highest BCUT2D eigenvalue weighted by Crippen LogP contribution is 2.28. The molecule has 1 aliphatic carbocycles. The Labute approximate surface area is 125 Å². The molecule has 1 heterocycles. The van der Waals surface area contributed by atoms with Crippen LogP contribution in [0.2, 0.25) is 0 Å². The van der Waals surface area contributed by atoms with Gasteiger partial charge in [0.1, 0.15) is 0 Å². The topological polar surface area (TPSA) is 49.3 Å². The van der Waals surface area contributed by atoms with Crippen LogP contribution in [0.25, 0.3) is 0 Å². The van der Waals surface area contributed by atoms with Crippen LogP contribution in [0.3, 0.4) is 0 Å². The van der Waals surface area contributed by atoms with Gasteiger partial charge in [-0.05, 0) is 37.3 Å². The fraction of sp³-hybridized carbons (Fsp3) is 0.643. The average molecular weight is 321 g/mol. The van der Waals surface area contributed by atoms with Crippen LogP contribution < -0.4 is 5.32 Å². The Morgan fingerprint density at radius 3 is 2.62 bits per heavy atom. The molecule has 3 nitrogen and oxygen atoms in total. The zero-order valence-electron chi connectivity index (χ0n) is 11.5. The molecular formula is C14H18F3NO2S. The summed E-state index contributed by atoms with van der Waals surface area (Å²) in [5, 5.41) is 11.0. The lowest BCUT2D eigenvalue weighted by Gasteiger charge is -2.14. The second kappa shape index (κ2) is 6.79. The quantitative estimate of drug-likeness (QED) is 0.899. The van der Waals surface area contributed by atoms with Gasteiger partial charge in [0.25, 0.3) is 5.91 Å². The van der Waals surface area contributed by atoms with E-state index in [2.05, 4.69) is 5.32 Å². The molecule has 0 bridgehead atoms. The first-order valence-electron chi connectivity index (χ1n) is 7.02. The van der Waals surface area contributed by atoms with Gasteiger partial charge in [-0.25, -0.2) is 0 Å². The van der Waals surface area contributed by atoms with Crippen LogP contribution in [0.4, 0.5) is 13.2 Å². The summed E-state index contributed by atoms with van der Waals surface area (Å²) in [5.41, 5.74) is 1.14. The second-order valence-electron chi connectivity index (χ2n) is 5.24. The number of aliphatic hydroxyl groups excluding tert-OH is 1. The van der Waals surface area contributed by atoms with Crippen LogP contribution in [-0.4, -0.2) is 29.8 Å². The van der Waals surface area contributed by atoms with E-state index in [1.807, 2.05) is 0 Å². The summed E-state index contributed by atoms with van der Waals surface area (Å²) in [5.74, 6) is -0.546. The number of hydrogen-bond acceptors (Lipinski definition) is 3. The number of amides is 1. The lowest BCUT2D eigenvalue weighted by Crippen LogP contribution is -2.40. The van der Waals surface area contributed by atoms with Crippen LogP contribution in [0, 0.1) is 0 Å². The Morgan fingerprint density at radius 2 is 1.95 bits per heavy atom. The van der Waals surface area contributed by atoms with Crippen LogP contribution in [-0.2, 0) is 12.8 Å². The third-order valence-electron chi connectivity index (χ3n) is 3.55. The second-order valence-corrected chi connectivity index (χ2v) is 6.38. The van der Waals surface area contributed by atoms with E-state index in [9.17, 15) is 18.0 Å². The molecule has 0 saturated carbocycles. The Hall–Kier alpha value is -1.08. The van der Waals surface area contributed by atoms with Crippen molar-refractivity contribution in [3.05, 3.63) is 21.4 Å². The van der Waals surface area contributed by atoms with Crippen LogP contribution >= 0.6 is 11.3 Å². The summed E-state index contributed by atoms with van der Waals surface area (Å²) in [6.07, 6.45) is -0.868. The van der Waals surface area contributed by atoms with E-state index >= 15 is 0 Å². The smallest absolute Gasteiger partial charge is 0.382 e. The van der Waals surface area contributed by atoms with Crippen molar-refractivity contribution in [2.45, 2.75) is 50.8 Å². The minimum Gasteiger partial charge on any atom is -0.382 e. The van der Waals surface area contributed by atoms with Gasteiger partial charge >= 0.3 is 6.18 Å². The average Bonchev–Trinajstić information content (AvgIpc) is 2.77. The zero-order chi connectivity index (χ0) is 15.5. The largest absolute Gasteiger partial charge is 0.416 e. The summed E-state index contributed by atoms with van der Waals surface area (Å²) in [6.45, 7) is -0.815. The fourth-order valence-corrected chi connectivity index (χ4v) is 3.52. The molecule has 1 amide bonds. The van der Waals surface area contributed by atoms with Gasteiger partial charge in [-0.3, -0.25) is 4.79 Å². The van der Waals surface area contributed by atoms with Crippen LogP contribution in [0.1, 0.15) is 45.8 Å². The summed E-state index contributed by atoms with van der Waals surface area (Å²) in [7, 11) is 0. The molecule has 2 rings (SSSR count). The molecule has 118 valence electrons. The zero-order valence-corrected chi connectivity index (χ0v) is 12.3. The highest BCUT2D eigenvalue weighted by Gasteiger charge is 2.38. The molecule has 0 radical (unpaired) electrons. The predicted molar refractivity (Wildman–Crippen MR) is 74.6 cm³/mol. The predicted octanol–water partition coefficient (Wildman–Crippen LogP) is 3.06. The third-order valence-corrected chi connectivity index (χ3v) is 4.79. The van der Waals surface area contributed by atoms with E-state index in [0.29, 0.717) is 4.88 Å². The molecule has 1 aromatic rings. The van der Waals surface area contributed by atoms with Gasteiger partial charge in [-0.15, -0.1) is 11.3 Å². The first kappa shape index (κ1) is 16.3. The number of thiophene rings is 1. The van der Waals surface area contributed by atoms with Gasteiger partial charge in [0.15, 0.2) is 6.10 Å². The molecule has 1 aromatic heterocycles. The summed E-state index contributed by atoms with van der Waals surface area (Å²) in [4.78, 5) is 13.5. The highest BCUT2D eigenvalue weighted by atomic mass is 32.1. The standard InChI is InChI=1S/C14H18F3NO2S/c15-14(16,17)12(19)8-18-13(20)11-7-9-5-3-1-2-4-6-10(9)21-11/h7,12,19H,1-6,8H2,(H,18,20). The van der Waals surface area contributed by atoms with Crippen LogP contribution in [0.15, 0.2) is 6.07 Å². The number of halogens is 3. The van der Waals surface area contributed by atoms with E-state index in [1.165, 1.54) is 24.2 Å².